The number of aryl methyl sites for hydroxylation is 1. The number of anilines is 1. The van der Waals surface area contributed by atoms with Crippen molar-refractivity contribution >= 4 is 11.4 Å². The van der Waals surface area contributed by atoms with Crippen LogP contribution in [0.15, 0.2) is 90.0 Å². The highest BCUT2D eigenvalue weighted by Crippen LogP contribution is 2.44. The van der Waals surface area contributed by atoms with Crippen LogP contribution < -0.4 is 5.01 Å². The van der Waals surface area contributed by atoms with Gasteiger partial charge in [0, 0.05) is 11.5 Å². The summed E-state index contributed by atoms with van der Waals surface area (Å²) >= 11 is 0. The van der Waals surface area contributed by atoms with Crippen LogP contribution in [0.25, 0.3) is 0 Å². The number of benzene rings is 3. The lowest BCUT2D eigenvalue weighted by Crippen LogP contribution is -2.25. The Morgan fingerprint density at radius 1 is 0.769 bits per heavy atom. The molecule has 3 aromatic rings. The Hall–Kier alpha value is -2.87. The molecule has 1 aliphatic carbocycles. The average Bonchev–Trinajstić information content (AvgIpc) is 2.99. The van der Waals surface area contributed by atoms with Crippen LogP contribution in [0.4, 0.5) is 5.69 Å². The number of rotatable bonds is 2. The molecule has 26 heavy (non-hydrogen) atoms. The second kappa shape index (κ2) is 6.45. The van der Waals surface area contributed by atoms with Crippen molar-refractivity contribution in [2.45, 2.75) is 25.3 Å². The second-order valence-corrected chi connectivity index (χ2v) is 7.18. The molecule has 0 amide bonds. The number of hydrazone groups is 1. The minimum absolute atomic E-state index is 0.264. The quantitative estimate of drug-likeness (QED) is 0.593. The van der Waals surface area contributed by atoms with E-state index in [0.717, 1.165) is 6.42 Å². The molecule has 128 valence electrons. The first kappa shape index (κ1) is 15.4. The fourth-order valence-corrected chi connectivity index (χ4v) is 4.44. The summed E-state index contributed by atoms with van der Waals surface area (Å²) in [4.78, 5) is 0. The van der Waals surface area contributed by atoms with Gasteiger partial charge in [0.25, 0.3) is 0 Å². The van der Waals surface area contributed by atoms with Gasteiger partial charge in [-0.25, -0.2) is 0 Å². The van der Waals surface area contributed by atoms with Gasteiger partial charge in [0.15, 0.2) is 0 Å². The summed E-state index contributed by atoms with van der Waals surface area (Å²) in [5, 5.41) is 7.44. The largest absolute Gasteiger partial charge is 0.257 e. The highest BCUT2D eigenvalue weighted by molar-refractivity contribution is 6.06. The first-order valence-electron chi connectivity index (χ1n) is 9.48. The Balaban J connectivity index is 1.68. The molecule has 0 spiro atoms. The predicted octanol–water partition coefficient (Wildman–Crippen LogP) is 5.60. The van der Waals surface area contributed by atoms with E-state index < -0.39 is 0 Å². The first-order chi connectivity index (χ1) is 12.9. The van der Waals surface area contributed by atoms with Crippen LogP contribution in [0.2, 0.25) is 0 Å². The van der Waals surface area contributed by atoms with Crippen LogP contribution >= 0.6 is 0 Å². The van der Waals surface area contributed by atoms with E-state index in [-0.39, 0.29) is 6.04 Å². The van der Waals surface area contributed by atoms with Gasteiger partial charge in [-0.2, -0.15) is 5.10 Å². The summed E-state index contributed by atoms with van der Waals surface area (Å²) in [5.41, 5.74) is 6.56. The third-order valence-electron chi connectivity index (χ3n) is 5.63. The minimum Gasteiger partial charge on any atom is -0.257 e. The maximum Gasteiger partial charge on any atom is 0.0860 e. The van der Waals surface area contributed by atoms with Gasteiger partial charge < -0.3 is 0 Å². The molecule has 2 heteroatoms. The molecule has 1 aliphatic heterocycles. The molecule has 1 heterocycles. The van der Waals surface area contributed by atoms with Crippen LogP contribution in [0, 0.1) is 5.92 Å². The summed E-state index contributed by atoms with van der Waals surface area (Å²) in [5.74, 6) is 0.432. The van der Waals surface area contributed by atoms with E-state index >= 15 is 0 Å². The van der Waals surface area contributed by atoms with Crippen molar-refractivity contribution in [2.75, 3.05) is 5.01 Å². The third-order valence-corrected chi connectivity index (χ3v) is 5.63. The smallest absolute Gasteiger partial charge is 0.0860 e. The SMILES string of the molecule is c1ccc([C@H]2[C@H]3CCCc4ccccc4C3=NN2c2ccccc2)cc1. The normalized spacial score (nSPS) is 21.5. The fourth-order valence-electron chi connectivity index (χ4n) is 4.44. The number of hydrogen-bond acceptors (Lipinski definition) is 2. The van der Waals surface area contributed by atoms with Crippen LogP contribution in [0.1, 0.15) is 35.6 Å². The first-order valence-corrected chi connectivity index (χ1v) is 9.48. The molecule has 2 nitrogen and oxygen atoms in total. The molecule has 2 aliphatic rings. The zero-order valence-electron chi connectivity index (χ0n) is 14.8. The van der Waals surface area contributed by atoms with Gasteiger partial charge >= 0.3 is 0 Å². The summed E-state index contributed by atoms with van der Waals surface area (Å²) in [6, 6.07) is 30.5. The highest BCUT2D eigenvalue weighted by Gasteiger charge is 2.40. The number of nitrogens with zero attached hydrogens (tertiary/aromatic N) is 2. The highest BCUT2D eigenvalue weighted by atomic mass is 15.5. The monoisotopic (exact) mass is 338 g/mol. The van der Waals surface area contributed by atoms with E-state index in [0.29, 0.717) is 5.92 Å². The number of para-hydroxylation sites is 1. The van der Waals surface area contributed by atoms with E-state index in [9.17, 15) is 0 Å². The Morgan fingerprint density at radius 2 is 1.46 bits per heavy atom. The number of hydrogen-bond donors (Lipinski definition) is 0. The van der Waals surface area contributed by atoms with Crippen LogP contribution in [-0.2, 0) is 6.42 Å². The van der Waals surface area contributed by atoms with Crippen molar-refractivity contribution in [3.05, 3.63) is 102 Å². The van der Waals surface area contributed by atoms with Gasteiger partial charge in [0.1, 0.15) is 0 Å². The van der Waals surface area contributed by atoms with Gasteiger partial charge in [-0.05, 0) is 42.5 Å². The van der Waals surface area contributed by atoms with Crippen molar-refractivity contribution in [3.63, 3.8) is 0 Å². The maximum atomic E-state index is 5.19. The zero-order chi connectivity index (χ0) is 17.3. The molecule has 2 atom stereocenters. The molecule has 3 aromatic carbocycles. The van der Waals surface area contributed by atoms with Crippen molar-refractivity contribution in [2.24, 2.45) is 11.0 Å². The van der Waals surface area contributed by atoms with E-state index in [1.54, 1.807) is 0 Å². The minimum atomic E-state index is 0.264. The average molecular weight is 338 g/mol. The summed E-state index contributed by atoms with van der Waals surface area (Å²) < 4.78 is 0. The molecular formula is C24H22N2. The zero-order valence-corrected chi connectivity index (χ0v) is 14.8. The topological polar surface area (TPSA) is 15.6 Å². The van der Waals surface area contributed by atoms with E-state index in [1.807, 2.05) is 0 Å². The molecule has 0 saturated carbocycles. The second-order valence-electron chi connectivity index (χ2n) is 7.18. The molecule has 0 fully saturated rings. The fraction of sp³-hybridized carbons (Fsp3) is 0.208. The van der Waals surface area contributed by atoms with Gasteiger partial charge in [-0.3, -0.25) is 5.01 Å². The van der Waals surface area contributed by atoms with Gasteiger partial charge in [-0.15, -0.1) is 0 Å². The van der Waals surface area contributed by atoms with Gasteiger partial charge in [0.2, 0.25) is 0 Å². The molecule has 5 rings (SSSR count). The van der Waals surface area contributed by atoms with E-state index in [2.05, 4.69) is 89.9 Å². The molecule has 0 aromatic heterocycles. The Bertz CT molecular complexity index is 931. The Labute approximate surface area is 154 Å². The van der Waals surface area contributed by atoms with Crippen LogP contribution in [0.5, 0.6) is 0 Å². The summed E-state index contributed by atoms with van der Waals surface area (Å²) in [7, 11) is 0. The van der Waals surface area contributed by atoms with E-state index in [1.165, 1.54) is 40.9 Å². The molecule has 0 N–H and O–H groups in total. The maximum absolute atomic E-state index is 5.19. The van der Waals surface area contributed by atoms with Crippen molar-refractivity contribution < 1.29 is 0 Å². The lowest BCUT2D eigenvalue weighted by Gasteiger charge is -2.28. The van der Waals surface area contributed by atoms with Crippen molar-refractivity contribution in [1.82, 2.24) is 0 Å². The molecule has 0 saturated heterocycles. The molecular weight excluding hydrogens is 316 g/mol. The summed E-state index contributed by atoms with van der Waals surface area (Å²) in [6.07, 6.45) is 3.54. The Morgan fingerprint density at radius 3 is 2.27 bits per heavy atom. The number of fused-ring (bicyclic) bond motifs is 3. The predicted molar refractivity (Wildman–Crippen MR) is 108 cm³/mol. The molecule has 0 radical (unpaired) electrons. The lowest BCUT2D eigenvalue weighted by atomic mass is 9.85. The van der Waals surface area contributed by atoms with Gasteiger partial charge in [-0.1, -0.05) is 72.8 Å². The van der Waals surface area contributed by atoms with Crippen LogP contribution in [0.3, 0.4) is 0 Å². The molecule has 0 unspecified atom stereocenters. The van der Waals surface area contributed by atoms with E-state index in [4.69, 9.17) is 5.10 Å². The van der Waals surface area contributed by atoms with Gasteiger partial charge in [0.05, 0.1) is 17.4 Å². The lowest BCUT2D eigenvalue weighted by molar-refractivity contribution is 0.505. The summed E-state index contributed by atoms with van der Waals surface area (Å²) in [6.45, 7) is 0. The molecule has 0 bridgehead atoms. The van der Waals surface area contributed by atoms with Crippen molar-refractivity contribution in [1.29, 1.82) is 0 Å². The van der Waals surface area contributed by atoms with Crippen LogP contribution in [-0.4, -0.2) is 5.71 Å². The Kier molecular flexibility index (Phi) is 3.82. The third kappa shape index (κ3) is 2.53. The van der Waals surface area contributed by atoms with Crippen molar-refractivity contribution in [3.8, 4) is 0 Å². The standard InChI is InChI=1S/C24H22N2/c1-3-11-19(12-4-1)24-22-17-9-13-18-10-7-8-16-21(18)23(22)25-26(24)20-14-5-2-6-15-20/h1-8,10-12,14-16,22,24H,9,13,17H2/t22-,24-/m0/s1.